The van der Waals surface area contributed by atoms with Crippen molar-refractivity contribution in [1.82, 2.24) is 10.3 Å². The number of alkyl halides is 2. The Labute approximate surface area is 217 Å². The molecule has 1 N–H and O–H groups in total. The monoisotopic (exact) mass is 510 g/mol. The zero-order valence-electron chi connectivity index (χ0n) is 22.3. The third-order valence-corrected chi connectivity index (χ3v) is 7.69. The number of rotatable bonds is 5. The number of nitrogens with zero attached hydrogens (tertiary/aromatic N) is 1. The van der Waals surface area contributed by atoms with Gasteiger partial charge in [-0.05, 0) is 48.4 Å². The Morgan fingerprint density at radius 1 is 1.19 bits per heavy atom. The number of fused-ring (bicyclic) bond motifs is 1. The van der Waals surface area contributed by atoms with Gasteiger partial charge in [-0.25, -0.2) is 13.6 Å². The highest BCUT2D eigenvalue weighted by Gasteiger charge is 2.68. The van der Waals surface area contributed by atoms with E-state index in [0.717, 1.165) is 16.7 Å². The molecule has 198 valence electrons. The molecule has 0 unspecified atom stereocenters. The third-order valence-electron chi connectivity index (χ3n) is 7.69. The lowest BCUT2D eigenvalue weighted by molar-refractivity contribution is -0.163. The Morgan fingerprint density at radius 3 is 2.51 bits per heavy atom. The minimum atomic E-state index is -3.17. The van der Waals surface area contributed by atoms with Gasteiger partial charge in [0.15, 0.2) is 5.54 Å². The maximum atomic E-state index is 15.4. The van der Waals surface area contributed by atoms with Gasteiger partial charge in [0.2, 0.25) is 5.91 Å². The van der Waals surface area contributed by atoms with Crippen LogP contribution in [0.15, 0.2) is 48.7 Å². The van der Waals surface area contributed by atoms with E-state index in [2.05, 4.69) is 10.3 Å². The Kier molecular flexibility index (Phi) is 7.04. The van der Waals surface area contributed by atoms with Crippen molar-refractivity contribution in [1.29, 1.82) is 0 Å². The molecule has 2 aliphatic rings. The number of allylic oxidation sites excluding steroid dienone is 1. The second-order valence-electron chi connectivity index (χ2n) is 11.8. The number of pyridine rings is 1. The van der Waals surface area contributed by atoms with Crippen molar-refractivity contribution in [3.05, 3.63) is 59.9 Å². The lowest BCUT2D eigenvalue weighted by Crippen LogP contribution is -2.66. The second kappa shape index (κ2) is 9.66. The summed E-state index contributed by atoms with van der Waals surface area (Å²) in [5, 5.41) is 2.72. The summed E-state index contributed by atoms with van der Waals surface area (Å²) in [4.78, 5) is 30.5. The van der Waals surface area contributed by atoms with Crippen molar-refractivity contribution >= 4 is 18.0 Å². The van der Waals surface area contributed by atoms with Crippen LogP contribution < -0.4 is 5.32 Å². The van der Waals surface area contributed by atoms with Gasteiger partial charge in [-0.3, -0.25) is 9.78 Å². The minimum Gasteiger partial charge on any atom is -0.460 e. The van der Waals surface area contributed by atoms with Gasteiger partial charge in [0.1, 0.15) is 6.10 Å². The van der Waals surface area contributed by atoms with E-state index < -0.39 is 53.6 Å². The second-order valence-corrected chi connectivity index (χ2v) is 11.8. The summed E-state index contributed by atoms with van der Waals surface area (Å²) in [6, 6.07) is 11.8. The first-order valence-corrected chi connectivity index (χ1v) is 12.8. The fraction of sp³-hybridized carbons (Fsp3) is 0.500. The summed E-state index contributed by atoms with van der Waals surface area (Å²) in [5.41, 5.74) is 1.68. The van der Waals surface area contributed by atoms with Gasteiger partial charge in [-0.2, -0.15) is 0 Å². The highest BCUT2D eigenvalue weighted by Crippen LogP contribution is 2.55. The van der Waals surface area contributed by atoms with Crippen LogP contribution in [0.1, 0.15) is 58.7 Å². The summed E-state index contributed by atoms with van der Waals surface area (Å²) in [6.07, 6.45) is 3.93. The number of amides is 1. The number of cyclic esters (lactones) is 1. The summed E-state index contributed by atoms with van der Waals surface area (Å²) in [7, 11) is 0. The van der Waals surface area contributed by atoms with Crippen LogP contribution in [0.25, 0.3) is 17.2 Å². The zero-order valence-corrected chi connectivity index (χ0v) is 22.3. The highest BCUT2D eigenvalue weighted by atomic mass is 19.3. The van der Waals surface area contributed by atoms with Gasteiger partial charge in [-0.1, -0.05) is 64.1 Å². The predicted molar refractivity (Wildman–Crippen MR) is 140 cm³/mol. The molecule has 2 aromatic rings. The minimum absolute atomic E-state index is 0.113. The molecule has 5 nitrogen and oxygen atoms in total. The lowest BCUT2D eigenvalue weighted by Gasteiger charge is -2.48. The number of aryl methyl sites for hydroxylation is 1. The van der Waals surface area contributed by atoms with Crippen LogP contribution >= 0.6 is 0 Å². The summed E-state index contributed by atoms with van der Waals surface area (Å²) in [6.45, 7) is 10.9. The van der Waals surface area contributed by atoms with E-state index in [1.54, 1.807) is 25.3 Å². The third kappa shape index (κ3) is 5.32. The van der Waals surface area contributed by atoms with E-state index in [-0.39, 0.29) is 11.8 Å². The topological polar surface area (TPSA) is 68.3 Å². The quantitative estimate of drug-likeness (QED) is 0.486. The number of hydrogen-bond acceptors (Lipinski definition) is 4. The summed E-state index contributed by atoms with van der Waals surface area (Å²) < 4.78 is 36.3. The Balaban J connectivity index is 1.65. The van der Waals surface area contributed by atoms with E-state index in [0.29, 0.717) is 5.69 Å². The van der Waals surface area contributed by atoms with Crippen LogP contribution in [0.3, 0.4) is 0 Å². The van der Waals surface area contributed by atoms with Crippen LogP contribution in [-0.2, 0) is 14.3 Å². The van der Waals surface area contributed by atoms with Crippen LogP contribution in [-0.4, -0.2) is 34.4 Å². The van der Waals surface area contributed by atoms with E-state index in [1.165, 1.54) is 6.92 Å². The number of carbonyl (C=O) groups is 2. The molecule has 37 heavy (non-hydrogen) atoms. The zero-order chi connectivity index (χ0) is 27.2. The molecular weight excluding hydrogens is 474 g/mol. The van der Waals surface area contributed by atoms with Gasteiger partial charge in [0.05, 0.1) is 5.69 Å². The maximum absolute atomic E-state index is 15.4. The van der Waals surface area contributed by atoms with Crippen LogP contribution in [0.2, 0.25) is 0 Å². The fourth-order valence-corrected chi connectivity index (χ4v) is 5.85. The van der Waals surface area contributed by atoms with Crippen molar-refractivity contribution < 1.29 is 23.1 Å². The molecule has 1 aliphatic heterocycles. The van der Waals surface area contributed by atoms with Gasteiger partial charge < -0.3 is 10.1 Å². The van der Waals surface area contributed by atoms with Gasteiger partial charge in [-0.15, -0.1) is 0 Å². The first-order chi connectivity index (χ1) is 17.2. The van der Waals surface area contributed by atoms with Crippen molar-refractivity contribution in [3.8, 4) is 11.1 Å². The molecule has 1 aromatic carbocycles. The Bertz CT molecular complexity index is 1200. The number of esters is 1. The number of nitrogens with one attached hydrogen (secondary N) is 1. The number of carbonyl (C=O) groups excluding carboxylic acids is 2. The summed E-state index contributed by atoms with van der Waals surface area (Å²) >= 11 is 0. The fourth-order valence-electron chi connectivity index (χ4n) is 5.85. The van der Waals surface area contributed by atoms with Gasteiger partial charge >= 0.3 is 5.97 Å². The van der Waals surface area contributed by atoms with E-state index in [1.807, 2.05) is 64.1 Å². The highest BCUT2D eigenvalue weighted by molar-refractivity contribution is 5.90. The first-order valence-electron chi connectivity index (χ1n) is 12.8. The molecule has 2 heterocycles. The lowest BCUT2D eigenvalue weighted by atomic mass is 9.60. The molecule has 5 atom stereocenters. The number of halogens is 2. The number of hydrogen-bond donors (Lipinski definition) is 1. The van der Waals surface area contributed by atoms with E-state index in [4.69, 9.17) is 4.74 Å². The molecule has 1 amide bonds. The van der Waals surface area contributed by atoms with Crippen LogP contribution in [0, 0.1) is 30.1 Å². The van der Waals surface area contributed by atoms with Crippen molar-refractivity contribution in [2.24, 2.45) is 23.2 Å². The SMILES string of the molecule is Cc1ccccc1-c1ccc(/C=C/[C@@H]2[C@@H]3[C@@H](C)OC(=O)[C@]3(NC(=O)CC(C)(C)C)CC(F)(F)[C@H]2C)nc1. The van der Waals surface area contributed by atoms with Gasteiger partial charge in [0, 0.05) is 36.4 Å². The largest absolute Gasteiger partial charge is 0.460 e. The smallest absolute Gasteiger partial charge is 0.332 e. The summed E-state index contributed by atoms with van der Waals surface area (Å²) in [5.74, 6) is -6.77. The average molecular weight is 511 g/mol. The normalized spacial score (nSPS) is 29.1. The van der Waals surface area contributed by atoms with E-state index in [9.17, 15) is 9.59 Å². The predicted octanol–water partition coefficient (Wildman–Crippen LogP) is 6.21. The molecule has 0 spiro atoms. The van der Waals surface area contributed by atoms with Gasteiger partial charge in [0.25, 0.3) is 5.92 Å². The number of ether oxygens (including phenoxy) is 1. The number of aromatic nitrogens is 1. The first kappa shape index (κ1) is 27.0. The van der Waals surface area contributed by atoms with Crippen LogP contribution in [0.5, 0.6) is 0 Å². The Morgan fingerprint density at radius 2 is 1.89 bits per heavy atom. The molecule has 1 aromatic heterocycles. The average Bonchev–Trinajstić information content (AvgIpc) is 3.02. The number of benzene rings is 1. The standard InChI is InChI=1S/C30H36F2N2O3/c1-18-9-7-8-10-23(18)21-11-12-22(33-16-21)13-14-24-19(2)30(31,32)17-29(26(24)20(3)37-27(29)36)34-25(35)15-28(4,5)6/h7-14,16,19-20,24,26H,15,17H2,1-6H3,(H,34,35)/b14-13+/t19-,20+,24-,26-,29-/m0/s1. The molecule has 1 aliphatic carbocycles. The molecule has 7 heteroatoms. The molecule has 1 saturated heterocycles. The molecular formula is C30H36F2N2O3. The van der Waals surface area contributed by atoms with Crippen molar-refractivity contribution in [2.45, 2.75) is 71.9 Å². The van der Waals surface area contributed by atoms with Crippen LogP contribution in [0.4, 0.5) is 8.78 Å². The van der Waals surface area contributed by atoms with E-state index >= 15 is 8.78 Å². The van der Waals surface area contributed by atoms with Crippen molar-refractivity contribution in [2.75, 3.05) is 0 Å². The van der Waals surface area contributed by atoms with Crippen molar-refractivity contribution in [3.63, 3.8) is 0 Å². The molecule has 4 rings (SSSR count). The molecule has 2 fully saturated rings. The molecule has 0 radical (unpaired) electrons. The Hall–Kier alpha value is -3.09. The maximum Gasteiger partial charge on any atom is 0.332 e. The molecule has 0 bridgehead atoms. The molecule has 1 saturated carbocycles.